The fourth-order valence-electron chi connectivity index (χ4n) is 2.75. The molecule has 148 valence electrons. The topological polar surface area (TPSA) is 55.2 Å². The molecule has 5 nitrogen and oxygen atoms in total. The summed E-state index contributed by atoms with van der Waals surface area (Å²) in [5.41, 5.74) is 0.968. The van der Waals surface area contributed by atoms with E-state index in [1.807, 2.05) is 25.1 Å². The Morgan fingerprint density at radius 1 is 1.19 bits per heavy atom. The number of aryl methyl sites for hydroxylation is 1. The van der Waals surface area contributed by atoms with Gasteiger partial charge in [0.15, 0.2) is 5.82 Å². The van der Waals surface area contributed by atoms with Gasteiger partial charge in [0.05, 0.1) is 17.3 Å². The number of H-pyrrole nitrogens is 1. The Labute approximate surface area is 175 Å². The van der Waals surface area contributed by atoms with E-state index in [9.17, 15) is 0 Å². The standard InChI is InChI=1S/C20H29BrN4OS/c1-3-5-6-7-8-9-10-13-26-18-12-11-16(14-17(18)21)15-22-25-19(4-2)23-24-20(25)27/h11-12,14-15H,3-10,13H2,1-2H3,(H,24,27)/b22-15-. The zero-order valence-electron chi connectivity index (χ0n) is 16.2. The molecule has 0 aliphatic rings. The Bertz CT molecular complexity index is 785. The average Bonchev–Trinajstić information content (AvgIpc) is 3.03. The smallest absolute Gasteiger partial charge is 0.216 e. The van der Waals surface area contributed by atoms with Crippen LogP contribution in [0, 0.1) is 4.77 Å². The molecule has 1 heterocycles. The highest BCUT2D eigenvalue weighted by atomic mass is 79.9. The van der Waals surface area contributed by atoms with Crippen LogP contribution in [0.3, 0.4) is 0 Å². The minimum Gasteiger partial charge on any atom is -0.492 e. The Morgan fingerprint density at radius 2 is 1.93 bits per heavy atom. The molecule has 0 amide bonds. The van der Waals surface area contributed by atoms with Crippen molar-refractivity contribution in [3.8, 4) is 5.75 Å². The van der Waals surface area contributed by atoms with Crippen molar-refractivity contribution in [2.75, 3.05) is 6.61 Å². The average molecular weight is 453 g/mol. The van der Waals surface area contributed by atoms with Gasteiger partial charge in [-0.15, -0.1) is 0 Å². The number of hydrogen-bond donors (Lipinski definition) is 1. The van der Waals surface area contributed by atoms with Crippen molar-refractivity contribution in [3.05, 3.63) is 38.8 Å². The zero-order valence-corrected chi connectivity index (χ0v) is 18.6. The third kappa shape index (κ3) is 7.22. The molecule has 0 radical (unpaired) electrons. The number of aromatic amines is 1. The van der Waals surface area contributed by atoms with E-state index in [2.05, 4.69) is 38.2 Å². The molecule has 0 aliphatic heterocycles. The van der Waals surface area contributed by atoms with Crippen LogP contribution in [0.4, 0.5) is 0 Å². The first-order valence-electron chi connectivity index (χ1n) is 9.78. The molecule has 7 heteroatoms. The zero-order chi connectivity index (χ0) is 19.5. The quantitative estimate of drug-likeness (QED) is 0.234. The van der Waals surface area contributed by atoms with Crippen LogP contribution in [0.25, 0.3) is 0 Å². The number of unbranched alkanes of at least 4 members (excludes halogenated alkanes) is 6. The molecule has 0 unspecified atom stereocenters. The Morgan fingerprint density at radius 3 is 2.63 bits per heavy atom. The van der Waals surface area contributed by atoms with E-state index in [-0.39, 0.29) is 0 Å². The maximum absolute atomic E-state index is 5.90. The highest BCUT2D eigenvalue weighted by Gasteiger charge is 2.04. The van der Waals surface area contributed by atoms with E-state index in [1.54, 1.807) is 10.9 Å². The van der Waals surface area contributed by atoms with E-state index in [4.69, 9.17) is 17.0 Å². The fourth-order valence-corrected chi connectivity index (χ4v) is 3.46. The summed E-state index contributed by atoms with van der Waals surface area (Å²) >= 11 is 8.79. The molecule has 0 saturated heterocycles. The van der Waals surface area contributed by atoms with Crippen molar-refractivity contribution in [2.45, 2.75) is 65.2 Å². The summed E-state index contributed by atoms with van der Waals surface area (Å²) in [6.45, 7) is 5.02. The van der Waals surface area contributed by atoms with E-state index in [0.29, 0.717) is 4.77 Å². The molecule has 2 aromatic rings. The summed E-state index contributed by atoms with van der Waals surface area (Å²) < 4.78 is 8.97. The number of ether oxygens (including phenoxy) is 1. The van der Waals surface area contributed by atoms with Crippen LogP contribution in [0.1, 0.15) is 70.2 Å². The molecule has 0 bridgehead atoms. The highest BCUT2D eigenvalue weighted by molar-refractivity contribution is 9.10. The second kappa shape index (κ2) is 12.1. The molecule has 27 heavy (non-hydrogen) atoms. The summed E-state index contributed by atoms with van der Waals surface area (Å²) in [5, 5.41) is 11.3. The van der Waals surface area contributed by atoms with Crippen LogP contribution in [0.5, 0.6) is 5.75 Å². The maximum atomic E-state index is 5.90. The van der Waals surface area contributed by atoms with E-state index < -0.39 is 0 Å². The van der Waals surface area contributed by atoms with Crippen molar-refractivity contribution in [3.63, 3.8) is 0 Å². The molecular formula is C20H29BrN4OS. The number of halogens is 1. The van der Waals surface area contributed by atoms with Gasteiger partial charge >= 0.3 is 0 Å². The predicted octanol–water partition coefficient (Wildman–Crippen LogP) is 6.28. The third-order valence-corrected chi connectivity index (χ3v) is 5.20. The van der Waals surface area contributed by atoms with Gasteiger partial charge in [0.25, 0.3) is 0 Å². The first-order chi connectivity index (χ1) is 13.2. The summed E-state index contributed by atoms with van der Waals surface area (Å²) in [7, 11) is 0. The molecule has 0 fully saturated rings. The first kappa shape index (κ1) is 21.8. The van der Waals surface area contributed by atoms with Crippen LogP contribution < -0.4 is 4.74 Å². The van der Waals surface area contributed by atoms with Gasteiger partial charge in [-0.1, -0.05) is 52.4 Å². The normalized spacial score (nSPS) is 11.4. The molecular weight excluding hydrogens is 424 g/mol. The second-order valence-corrected chi connectivity index (χ2v) is 7.76. The number of aromatic nitrogens is 3. The van der Waals surface area contributed by atoms with Gasteiger partial charge in [0, 0.05) is 6.42 Å². The molecule has 1 aromatic heterocycles. The third-order valence-electron chi connectivity index (χ3n) is 4.32. The SMILES string of the molecule is CCCCCCCCCOc1ccc(/C=N\n2c(CC)n[nH]c2=S)cc1Br. The van der Waals surface area contributed by atoms with E-state index >= 15 is 0 Å². The Hall–Kier alpha value is -1.47. The van der Waals surface area contributed by atoms with Crippen molar-refractivity contribution >= 4 is 34.4 Å². The molecule has 0 saturated carbocycles. The lowest BCUT2D eigenvalue weighted by atomic mass is 10.1. The summed E-state index contributed by atoms with van der Waals surface area (Å²) in [6.07, 6.45) is 11.5. The van der Waals surface area contributed by atoms with Gasteiger partial charge < -0.3 is 4.74 Å². The molecule has 0 spiro atoms. The minimum absolute atomic E-state index is 0.497. The Balaban J connectivity index is 1.82. The lowest BCUT2D eigenvalue weighted by molar-refractivity contribution is 0.302. The second-order valence-electron chi connectivity index (χ2n) is 6.51. The van der Waals surface area contributed by atoms with Crippen molar-refractivity contribution in [1.29, 1.82) is 0 Å². The van der Waals surface area contributed by atoms with Crippen LogP contribution in [-0.2, 0) is 6.42 Å². The van der Waals surface area contributed by atoms with Crippen molar-refractivity contribution in [2.24, 2.45) is 5.10 Å². The van der Waals surface area contributed by atoms with Gasteiger partial charge in [-0.25, -0.2) is 0 Å². The van der Waals surface area contributed by atoms with Gasteiger partial charge in [0.1, 0.15) is 5.75 Å². The maximum Gasteiger partial charge on any atom is 0.216 e. The van der Waals surface area contributed by atoms with Crippen LogP contribution in [0.15, 0.2) is 27.8 Å². The number of nitrogens with zero attached hydrogens (tertiary/aromatic N) is 3. The first-order valence-corrected chi connectivity index (χ1v) is 11.0. The van der Waals surface area contributed by atoms with Crippen molar-refractivity contribution in [1.82, 2.24) is 14.9 Å². The number of nitrogens with one attached hydrogen (secondary N) is 1. The predicted molar refractivity (Wildman–Crippen MR) is 117 cm³/mol. The largest absolute Gasteiger partial charge is 0.492 e. The van der Waals surface area contributed by atoms with Gasteiger partial charge in [-0.05, 0) is 58.3 Å². The lowest BCUT2D eigenvalue weighted by Gasteiger charge is -2.09. The Kier molecular flexibility index (Phi) is 9.77. The highest BCUT2D eigenvalue weighted by Crippen LogP contribution is 2.26. The van der Waals surface area contributed by atoms with E-state index in [0.717, 1.165) is 41.1 Å². The van der Waals surface area contributed by atoms with E-state index in [1.165, 1.54) is 38.5 Å². The molecule has 1 aromatic carbocycles. The summed E-state index contributed by atoms with van der Waals surface area (Å²) in [6, 6.07) is 5.96. The van der Waals surface area contributed by atoms with Crippen LogP contribution >= 0.6 is 28.1 Å². The van der Waals surface area contributed by atoms with Crippen LogP contribution in [-0.4, -0.2) is 27.7 Å². The summed E-state index contributed by atoms with van der Waals surface area (Å²) in [5.74, 6) is 1.68. The number of hydrogen-bond acceptors (Lipinski definition) is 4. The van der Waals surface area contributed by atoms with Gasteiger partial charge in [0.2, 0.25) is 4.77 Å². The molecule has 2 rings (SSSR count). The molecule has 1 N–H and O–H groups in total. The number of rotatable bonds is 12. The van der Waals surface area contributed by atoms with Gasteiger partial charge in [-0.2, -0.15) is 14.9 Å². The molecule has 0 atom stereocenters. The van der Waals surface area contributed by atoms with Crippen molar-refractivity contribution < 1.29 is 4.74 Å². The van der Waals surface area contributed by atoms with Crippen LogP contribution in [0.2, 0.25) is 0 Å². The fraction of sp³-hybridized carbons (Fsp3) is 0.550. The summed E-state index contributed by atoms with van der Waals surface area (Å²) in [4.78, 5) is 0. The molecule has 0 aliphatic carbocycles. The number of benzene rings is 1. The lowest BCUT2D eigenvalue weighted by Crippen LogP contribution is -1.99. The monoisotopic (exact) mass is 452 g/mol. The minimum atomic E-state index is 0.497. The van der Waals surface area contributed by atoms with Gasteiger partial charge in [-0.3, -0.25) is 5.10 Å².